The average Bonchev–Trinajstić information content (AvgIpc) is 2.74. The summed E-state index contributed by atoms with van der Waals surface area (Å²) >= 11 is 17.4. The lowest BCUT2D eigenvalue weighted by atomic mass is 9.97. The second-order valence-electron chi connectivity index (χ2n) is 7.77. The number of aliphatic hydroxyl groups excluding tert-OH is 1. The van der Waals surface area contributed by atoms with E-state index in [2.05, 4.69) is 15.9 Å². The van der Waals surface area contributed by atoms with Crippen molar-refractivity contribution >= 4 is 50.9 Å². The van der Waals surface area contributed by atoms with E-state index in [1.165, 1.54) is 12.1 Å². The van der Waals surface area contributed by atoms with E-state index in [1.54, 1.807) is 30.0 Å². The van der Waals surface area contributed by atoms with Gasteiger partial charge in [-0.3, -0.25) is 0 Å². The molecule has 3 rings (SSSR count). The maximum atomic E-state index is 13.3. The highest BCUT2D eigenvalue weighted by molar-refractivity contribution is 9.10. The third kappa shape index (κ3) is 8.05. The van der Waals surface area contributed by atoms with Crippen molar-refractivity contribution in [3.05, 3.63) is 98.2 Å². The van der Waals surface area contributed by atoms with Crippen LogP contribution in [0.5, 0.6) is 0 Å². The molecule has 0 bridgehead atoms. The van der Waals surface area contributed by atoms with Crippen molar-refractivity contribution in [2.24, 2.45) is 5.73 Å². The highest BCUT2D eigenvalue weighted by atomic mass is 79.9. The lowest BCUT2D eigenvalue weighted by Crippen LogP contribution is -2.38. The zero-order valence-electron chi connectivity index (χ0n) is 17.4. The first-order valence-corrected chi connectivity index (χ1v) is 12.8. The molecule has 170 valence electrons. The number of nitrogens with two attached hydrogens (primary N) is 1. The van der Waals surface area contributed by atoms with Crippen molar-refractivity contribution < 1.29 is 9.50 Å². The second kappa shape index (κ2) is 12.4. The van der Waals surface area contributed by atoms with Gasteiger partial charge in [-0.2, -0.15) is 0 Å². The molecule has 0 unspecified atom stereocenters. The summed E-state index contributed by atoms with van der Waals surface area (Å²) in [5.41, 5.74) is 8.43. The van der Waals surface area contributed by atoms with Crippen LogP contribution in [0.2, 0.25) is 10.0 Å². The van der Waals surface area contributed by atoms with Crippen LogP contribution < -0.4 is 5.73 Å². The van der Waals surface area contributed by atoms with Crippen LogP contribution >= 0.6 is 50.9 Å². The monoisotopic (exact) mass is 555 g/mol. The molecular formula is C25H25BrCl2FNOS. The Kier molecular flexibility index (Phi) is 9.90. The molecule has 3 N–H and O–H groups in total. The van der Waals surface area contributed by atoms with Crippen LogP contribution in [-0.2, 0) is 12.8 Å². The molecule has 7 heteroatoms. The number of hydrogen-bond donors (Lipinski definition) is 2. The minimum atomic E-state index is -0.674. The zero-order valence-corrected chi connectivity index (χ0v) is 21.3. The van der Waals surface area contributed by atoms with Crippen LogP contribution in [0.15, 0.2) is 76.1 Å². The van der Waals surface area contributed by atoms with E-state index >= 15 is 0 Å². The summed E-state index contributed by atoms with van der Waals surface area (Å²) in [4.78, 5) is 0.950. The molecule has 3 aromatic rings. The van der Waals surface area contributed by atoms with Crippen molar-refractivity contribution in [1.29, 1.82) is 0 Å². The Bertz CT molecular complexity index is 1020. The number of aryl methyl sites for hydroxylation is 1. The number of hydrogen-bond acceptors (Lipinski definition) is 3. The van der Waals surface area contributed by atoms with E-state index in [-0.39, 0.29) is 17.1 Å². The fourth-order valence-corrected chi connectivity index (χ4v) is 5.64. The predicted octanol–water partition coefficient (Wildman–Crippen LogP) is 7.31. The van der Waals surface area contributed by atoms with E-state index in [1.807, 2.05) is 36.4 Å². The van der Waals surface area contributed by atoms with Gasteiger partial charge in [0.1, 0.15) is 5.82 Å². The topological polar surface area (TPSA) is 46.2 Å². The minimum Gasteiger partial charge on any atom is -0.391 e. The highest BCUT2D eigenvalue weighted by Crippen LogP contribution is 2.32. The summed E-state index contributed by atoms with van der Waals surface area (Å²) in [6.45, 7) is 0. The molecule has 0 amide bonds. The van der Waals surface area contributed by atoms with Crippen molar-refractivity contribution in [3.63, 3.8) is 0 Å². The summed E-state index contributed by atoms with van der Waals surface area (Å²) in [6.07, 6.45) is 1.94. The average molecular weight is 557 g/mol. The molecule has 0 aromatic heterocycles. The van der Waals surface area contributed by atoms with Gasteiger partial charge in [0.25, 0.3) is 0 Å². The van der Waals surface area contributed by atoms with Crippen LogP contribution in [0, 0.1) is 5.82 Å². The van der Waals surface area contributed by atoms with Crippen molar-refractivity contribution in [2.45, 2.75) is 48.0 Å². The highest BCUT2D eigenvalue weighted by Gasteiger charge is 2.22. The summed E-state index contributed by atoms with van der Waals surface area (Å²) in [5, 5.41) is 12.2. The summed E-state index contributed by atoms with van der Waals surface area (Å²) < 4.78 is 14.3. The SMILES string of the molecule is N[C@@H](Cc1cccc(Br)c1)[C@H](O)C[C@H](CCc1ccc(Cl)cc1Cl)Sc1ccc(F)cc1. The Hall–Kier alpha value is -1.08. The van der Waals surface area contributed by atoms with Gasteiger partial charge in [0, 0.05) is 30.7 Å². The van der Waals surface area contributed by atoms with Crippen molar-refractivity contribution in [1.82, 2.24) is 0 Å². The molecule has 0 aliphatic heterocycles. The largest absolute Gasteiger partial charge is 0.391 e. The maximum absolute atomic E-state index is 13.3. The molecule has 0 radical (unpaired) electrons. The third-order valence-corrected chi connectivity index (χ3v) is 7.61. The van der Waals surface area contributed by atoms with Gasteiger partial charge in [0.05, 0.1) is 6.10 Å². The van der Waals surface area contributed by atoms with Gasteiger partial charge in [-0.15, -0.1) is 11.8 Å². The fraction of sp³-hybridized carbons (Fsp3) is 0.280. The van der Waals surface area contributed by atoms with E-state index in [0.717, 1.165) is 33.3 Å². The van der Waals surface area contributed by atoms with Gasteiger partial charge in [0.15, 0.2) is 0 Å². The van der Waals surface area contributed by atoms with E-state index in [0.29, 0.717) is 22.9 Å². The molecule has 2 nitrogen and oxygen atoms in total. The van der Waals surface area contributed by atoms with Gasteiger partial charge in [-0.05, 0) is 85.3 Å². The Balaban J connectivity index is 1.67. The number of aliphatic hydroxyl groups is 1. The Labute approximate surface area is 211 Å². The molecule has 32 heavy (non-hydrogen) atoms. The van der Waals surface area contributed by atoms with Crippen LogP contribution in [0.1, 0.15) is 24.0 Å². The molecule has 3 aromatic carbocycles. The summed E-state index contributed by atoms with van der Waals surface area (Å²) in [7, 11) is 0. The number of thioether (sulfide) groups is 1. The van der Waals surface area contributed by atoms with Crippen LogP contribution in [0.25, 0.3) is 0 Å². The Morgan fingerprint density at radius 3 is 2.47 bits per heavy atom. The van der Waals surface area contributed by atoms with E-state index in [9.17, 15) is 9.50 Å². The molecule has 3 atom stereocenters. The molecule has 0 saturated heterocycles. The van der Waals surface area contributed by atoms with Crippen LogP contribution in [-0.4, -0.2) is 22.5 Å². The van der Waals surface area contributed by atoms with E-state index in [4.69, 9.17) is 28.9 Å². The molecule has 0 aliphatic rings. The number of rotatable bonds is 10. The molecule has 0 aliphatic carbocycles. The minimum absolute atomic E-state index is 0.0794. The standard InChI is InChI=1S/C25H25BrCl2FNOS/c26-18-3-1-2-16(12-18)13-24(30)25(31)15-22(32-21-10-7-20(29)8-11-21)9-5-17-4-6-19(27)14-23(17)28/h1-4,6-8,10-12,14,22,24-25,31H,5,9,13,15,30H2/t22-,24-,25+/m0/s1. The molecular weight excluding hydrogens is 532 g/mol. The van der Waals surface area contributed by atoms with E-state index < -0.39 is 6.10 Å². The molecule has 0 fully saturated rings. The van der Waals surface area contributed by atoms with Gasteiger partial charge in [-0.25, -0.2) is 4.39 Å². The summed E-state index contributed by atoms with van der Waals surface area (Å²) in [5.74, 6) is -0.269. The van der Waals surface area contributed by atoms with Gasteiger partial charge in [-0.1, -0.05) is 57.3 Å². The predicted molar refractivity (Wildman–Crippen MR) is 137 cm³/mol. The Morgan fingerprint density at radius 2 is 1.78 bits per heavy atom. The second-order valence-corrected chi connectivity index (χ2v) is 10.9. The normalized spacial score (nSPS) is 14.2. The lowest BCUT2D eigenvalue weighted by molar-refractivity contribution is 0.133. The summed E-state index contributed by atoms with van der Waals surface area (Å²) in [6, 6.07) is 19.5. The Morgan fingerprint density at radius 1 is 1.03 bits per heavy atom. The van der Waals surface area contributed by atoms with Crippen LogP contribution in [0.3, 0.4) is 0 Å². The first-order valence-electron chi connectivity index (χ1n) is 10.3. The zero-order chi connectivity index (χ0) is 23.1. The van der Waals surface area contributed by atoms with Crippen molar-refractivity contribution in [3.8, 4) is 0 Å². The van der Waals surface area contributed by atoms with Crippen molar-refractivity contribution in [2.75, 3.05) is 0 Å². The maximum Gasteiger partial charge on any atom is 0.123 e. The van der Waals surface area contributed by atoms with Gasteiger partial charge >= 0.3 is 0 Å². The number of benzene rings is 3. The molecule has 0 spiro atoms. The first-order chi connectivity index (χ1) is 15.3. The van der Waals surface area contributed by atoms with Crippen LogP contribution in [0.4, 0.5) is 4.39 Å². The quantitative estimate of drug-likeness (QED) is 0.257. The van der Waals surface area contributed by atoms with Gasteiger partial charge < -0.3 is 10.8 Å². The fourth-order valence-electron chi connectivity index (χ4n) is 3.49. The first kappa shape index (κ1) is 25.5. The molecule has 0 heterocycles. The smallest absolute Gasteiger partial charge is 0.123 e. The molecule has 0 saturated carbocycles. The third-order valence-electron chi connectivity index (χ3n) is 5.23. The number of halogens is 4. The van der Waals surface area contributed by atoms with Gasteiger partial charge in [0.2, 0.25) is 0 Å². The lowest BCUT2D eigenvalue weighted by Gasteiger charge is -2.24.